The topological polar surface area (TPSA) is 78.5 Å². The Morgan fingerprint density at radius 2 is 1.73 bits per heavy atom. The summed E-state index contributed by atoms with van der Waals surface area (Å²) in [7, 11) is 0. The van der Waals surface area contributed by atoms with E-state index < -0.39 is 16.9 Å². The highest BCUT2D eigenvalue weighted by molar-refractivity contribution is 9.10. The van der Waals surface area contributed by atoms with Crippen molar-refractivity contribution < 1.29 is 14.4 Å². The summed E-state index contributed by atoms with van der Waals surface area (Å²) in [6.45, 7) is 4.65. The van der Waals surface area contributed by atoms with Crippen LogP contribution in [0.4, 0.5) is 11.4 Å². The van der Waals surface area contributed by atoms with Gasteiger partial charge in [-0.15, -0.1) is 0 Å². The summed E-state index contributed by atoms with van der Waals surface area (Å²) >= 11 is 3.47. The molecule has 0 aromatic heterocycles. The van der Waals surface area contributed by atoms with Crippen LogP contribution < -0.4 is 10.6 Å². The van der Waals surface area contributed by atoms with E-state index in [4.69, 9.17) is 0 Å². The SMILES string of the molecule is Cc1cc(C)c2c(c1)[C@]1(C(=O)N2)N2CCC[C@@H]2[C@H](C(=O)c2ccc(Br)cc2)[C@]12C(=O)Nc1ccccc12. The first-order valence-corrected chi connectivity index (χ1v) is 13.5. The van der Waals surface area contributed by atoms with Crippen molar-refractivity contribution in [1.82, 2.24) is 4.90 Å². The van der Waals surface area contributed by atoms with Gasteiger partial charge in [0.05, 0.1) is 5.92 Å². The Bertz CT molecular complexity index is 1530. The largest absolute Gasteiger partial charge is 0.325 e. The van der Waals surface area contributed by atoms with Crippen molar-refractivity contribution in [3.05, 3.63) is 93.0 Å². The molecule has 2 fully saturated rings. The first-order valence-electron chi connectivity index (χ1n) is 12.7. The van der Waals surface area contributed by atoms with Crippen molar-refractivity contribution >= 4 is 44.9 Å². The quantitative estimate of drug-likeness (QED) is 0.432. The number of fused-ring (bicyclic) bond motifs is 7. The van der Waals surface area contributed by atoms with Gasteiger partial charge in [-0.2, -0.15) is 0 Å². The van der Waals surface area contributed by atoms with Gasteiger partial charge in [0, 0.05) is 33.0 Å². The summed E-state index contributed by atoms with van der Waals surface area (Å²) in [4.78, 5) is 45.7. The lowest BCUT2D eigenvalue weighted by molar-refractivity contribution is -0.137. The van der Waals surface area contributed by atoms with Crippen molar-refractivity contribution in [3.63, 3.8) is 0 Å². The zero-order chi connectivity index (χ0) is 25.7. The van der Waals surface area contributed by atoms with Crippen LogP contribution >= 0.6 is 15.9 Å². The first kappa shape index (κ1) is 22.9. The molecule has 4 aliphatic rings. The van der Waals surface area contributed by atoms with Crippen LogP contribution in [0.15, 0.2) is 65.1 Å². The molecule has 4 heterocycles. The van der Waals surface area contributed by atoms with Crippen LogP contribution in [0, 0.1) is 19.8 Å². The summed E-state index contributed by atoms with van der Waals surface area (Å²) in [6.07, 6.45) is 1.61. The first-order chi connectivity index (χ1) is 17.8. The molecule has 37 heavy (non-hydrogen) atoms. The summed E-state index contributed by atoms with van der Waals surface area (Å²) in [6, 6.07) is 18.7. The molecule has 2 amide bonds. The van der Waals surface area contributed by atoms with Crippen LogP contribution in [0.3, 0.4) is 0 Å². The molecule has 6 nitrogen and oxygen atoms in total. The molecule has 0 aliphatic carbocycles. The smallest absolute Gasteiger partial charge is 0.251 e. The number of rotatable bonds is 2. The van der Waals surface area contributed by atoms with Gasteiger partial charge in [0.2, 0.25) is 5.91 Å². The van der Waals surface area contributed by atoms with E-state index in [0.717, 1.165) is 45.3 Å². The Kier molecular flexibility index (Phi) is 4.71. The van der Waals surface area contributed by atoms with Gasteiger partial charge in [0.25, 0.3) is 5.91 Å². The van der Waals surface area contributed by atoms with Crippen LogP contribution in [0.25, 0.3) is 0 Å². The van der Waals surface area contributed by atoms with Gasteiger partial charge in [0.1, 0.15) is 11.0 Å². The van der Waals surface area contributed by atoms with Gasteiger partial charge in [-0.25, -0.2) is 0 Å². The van der Waals surface area contributed by atoms with Gasteiger partial charge in [-0.3, -0.25) is 19.3 Å². The lowest BCUT2D eigenvalue weighted by atomic mass is 9.57. The fourth-order valence-electron chi connectivity index (χ4n) is 7.83. The molecule has 0 radical (unpaired) electrons. The molecule has 186 valence electrons. The average molecular weight is 556 g/mol. The lowest BCUT2D eigenvalue weighted by Gasteiger charge is -2.43. The molecule has 7 rings (SSSR count). The van der Waals surface area contributed by atoms with Crippen molar-refractivity contribution in [2.45, 2.75) is 43.7 Å². The summed E-state index contributed by atoms with van der Waals surface area (Å²) < 4.78 is 0.878. The predicted octanol–water partition coefficient (Wildman–Crippen LogP) is 5.08. The Hall–Kier alpha value is -3.29. The van der Waals surface area contributed by atoms with E-state index in [-0.39, 0.29) is 23.6 Å². The molecular formula is C30H26BrN3O3. The minimum atomic E-state index is -1.41. The number of amides is 2. The van der Waals surface area contributed by atoms with E-state index in [2.05, 4.69) is 31.5 Å². The molecule has 0 bridgehead atoms. The number of hydrogen-bond donors (Lipinski definition) is 2. The van der Waals surface area contributed by atoms with Crippen LogP contribution in [-0.2, 0) is 20.5 Å². The maximum atomic E-state index is 14.6. The number of aryl methyl sites for hydroxylation is 2. The second kappa shape index (κ2) is 7.62. The molecule has 0 unspecified atom stereocenters. The van der Waals surface area contributed by atoms with Gasteiger partial charge in [0.15, 0.2) is 5.78 Å². The lowest BCUT2D eigenvalue weighted by Crippen LogP contribution is -2.62. The number of carbonyl (C=O) groups excluding carboxylic acids is 3. The van der Waals surface area contributed by atoms with Gasteiger partial charge < -0.3 is 10.6 Å². The van der Waals surface area contributed by atoms with Crippen molar-refractivity contribution in [2.24, 2.45) is 5.92 Å². The fraction of sp³-hybridized carbons (Fsp3) is 0.300. The van der Waals surface area contributed by atoms with Crippen LogP contribution in [0.2, 0.25) is 0 Å². The van der Waals surface area contributed by atoms with E-state index in [9.17, 15) is 14.4 Å². The van der Waals surface area contributed by atoms with Crippen LogP contribution in [0.1, 0.15) is 45.5 Å². The molecule has 3 aromatic rings. The van der Waals surface area contributed by atoms with Crippen LogP contribution in [-0.4, -0.2) is 35.1 Å². The van der Waals surface area contributed by atoms with E-state index in [1.165, 1.54) is 0 Å². The fourth-order valence-corrected chi connectivity index (χ4v) is 8.09. The van der Waals surface area contributed by atoms with Crippen molar-refractivity contribution in [1.29, 1.82) is 0 Å². The summed E-state index contributed by atoms with van der Waals surface area (Å²) in [5, 5.41) is 6.26. The molecule has 2 saturated heterocycles. The number of halogens is 1. The molecule has 4 aliphatic heterocycles. The Morgan fingerprint density at radius 3 is 2.51 bits per heavy atom. The number of anilines is 2. The number of ketones is 1. The molecule has 3 aromatic carbocycles. The van der Waals surface area contributed by atoms with Crippen LogP contribution in [0.5, 0.6) is 0 Å². The highest BCUT2D eigenvalue weighted by atomic mass is 79.9. The predicted molar refractivity (Wildman–Crippen MR) is 145 cm³/mol. The molecule has 7 heteroatoms. The zero-order valence-corrected chi connectivity index (χ0v) is 22.2. The zero-order valence-electron chi connectivity index (χ0n) is 20.6. The number of hydrogen-bond acceptors (Lipinski definition) is 4. The Labute approximate surface area is 223 Å². The monoisotopic (exact) mass is 555 g/mol. The molecule has 2 spiro atoms. The molecular weight excluding hydrogens is 530 g/mol. The number of Topliss-reactive ketones (excluding diaryl/α,β-unsaturated/α-hetero) is 1. The third kappa shape index (κ3) is 2.61. The summed E-state index contributed by atoms with van der Waals surface area (Å²) in [5.41, 5.74) is 2.76. The Balaban J connectivity index is 1.60. The number of para-hydroxylation sites is 1. The summed E-state index contributed by atoms with van der Waals surface area (Å²) in [5.74, 6) is -1.32. The molecule has 2 N–H and O–H groups in total. The van der Waals surface area contributed by atoms with Crippen molar-refractivity contribution in [2.75, 3.05) is 17.2 Å². The minimum absolute atomic E-state index is 0.0984. The third-order valence-electron chi connectivity index (χ3n) is 8.96. The standard InChI is InChI=1S/C30H26BrN3O3/c1-16-14-17(2)25-21(15-16)30(28(37)33-25)29(20-6-3-4-7-22(20)32-27(29)36)24(23-8-5-13-34(23)30)26(35)18-9-11-19(31)12-10-18/h3-4,6-7,9-12,14-15,23-24H,5,8,13H2,1-2H3,(H,32,36)(H,33,37)/t23-,24-,29-,30-/m1/s1. The molecule has 4 atom stereocenters. The second-order valence-corrected chi connectivity index (χ2v) is 11.6. The van der Waals surface area contributed by atoms with E-state index in [1.807, 2.05) is 62.4 Å². The maximum Gasteiger partial charge on any atom is 0.251 e. The second-order valence-electron chi connectivity index (χ2n) is 10.7. The number of carbonyl (C=O) groups is 3. The average Bonchev–Trinajstić information content (AvgIpc) is 3.59. The van der Waals surface area contributed by atoms with Gasteiger partial charge in [-0.05, 0) is 62.6 Å². The van der Waals surface area contributed by atoms with E-state index >= 15 is 0 Å². The maximum absolute atomic E-state index is 14.6. The molecule has 0 saturated carbocycles. The van der Waals surface area contributed by atoms with E-state index in [1.54, 1.807) is 12.1 Å². The Morgan fingerprint density at radius 1 is 0.973 bits per heavy atom. The highest BCUT2D eigenvalue weighted by Gasteiger charge is 2.81. The minimum Gasteiger partial charge on any atom is -0.325 e. The van der Waals surface area contributed by atoms with Gasteiger partial charge in [-0.1, -0.05) is 64.0 Å². The number of nitrogens with one attached hydrogen (secondary N) is 2. The van der Waals surface area contributed by atoms with E-state index in [0.29, 0.717) is 17.8 Å². The normalized spacial score (nSPS) is 29.4. The highest BCUT2D eigenvalue weighted by Crippen LogP contribution is 2.68. The number of nitrogens with zero attached hydrogens (tertiary/aromatic N) is 1. The number of benzene rings is 3. The van der Waals surface area contributed by atoms with Gasteiger partial charge >= 0.3 is 0 Å². The van der Waals surface area contributed by atoms with Crippen molar-refractivity contribution in [3.8, 4) is 0 Å². The third-order valence-corrected chi connectivity index (χ3v) is 9.49.